The topological polar surface area (TPSA) is 54.7 Å². The zero-order valence-corrected chi connectivity index (χ0v) is 15.5. The summed E-state index contributed by atoms with van der Waals surface area (Å²) in [5.74, 6) is 0. The van der Waals surface area contributed by atoms with Crippen molar-refractivity contribution in [2.45, 2.75) is 50.7 Å². The van der Waals surface area contributed by atoms with Crippen molar-refractivity contribution in [3.8, 4) is 0 Å². The van der Waals surface area contributed by atoms with Crippen LogP contribution in [0.1, 0.15) is 36.6 Å². The molecule has 3 N–H and O–H groups in total. The average molecular weight is 375 g/mol. The summed E-state index contributed by atoms with van der Waals surface area (Å²) in [5, 5.41) is 1.12. The van der Waals surface area contributed by atoms with Crippen molar-refractivity contribution in [1.82, 2.24) is 9.97 Å². The van der Waals surface area contributed by atoms with Crippen LogP contribution in [-0.4, -0.2) is 22.2 Å². The number of alkyl halides is 3. The van der Waals surface area contributed by atoms with Gasteiger partial charge in [0, 0.05) is 46.9 Å². The van der Waals surface area contributed by atoms with Crippen LogP contribution in [0.15, 0.2) is 48.8 Å². The summed E-state index contributed by atoms with van der Waals surface area (Å²) in [4.78, 5) is 7.35. The maximum absolute atomic E-state index is 13.3. The van der Waals surface area contributed by atoms with E-state index in [1.807, 2.05) is 31.2 Å². The van der Waals surface area contributed by atoms with Crippen LogP contribution in [0.25, 0.3) is 10.9 Å². The fourth-order valence-electron chi connectivity index (χ4n) is 3.91. The Bertz CT molecular complexity index is 902. The number of nitrogens with one attached hydrogen (secondary N) is 1. The summed E-state index contributed by atoms with van der Waals surface area (Å²) >= 11 is 0. The van der Waals surface area contributed by atoms with E-state index < -0.39 is 24.1 Å². The molecule has 2 atom stereocenters. The molecule has 6 heteroatoms. The molecule has 1 aromatic carbocycles. The van der Waals surface area contributed by atoms with Gasteiger partial charge in [-0.1, -0.05) is 31.2 Å². The lowest BCUT2D eigenvalue weighted by molar-refractivity contribution is -0.148. The van der Waals surface area contributed by atoms with Crippen molar-refractivity contribution >= 4 is 10.9 Å². The van der Waals surface area contributed by atoms with Gasteiger partial charge in [0.1, 0.15) is 0 Å². The lowest BCUT2D eigenvalue weighted by Gasteiger charge is -2.33. The highest BCUT2D eigenvalue weighted by atomic mass is 19.4. The van der Waals surface area contributed by atoms with Crippen LogP contribution in [0.5, 0.6) is 0 Å². The van der Waals surface area contributed by atoms with E-state index >= 15 is 0 Å². The van der Waals surface area contributed by atoms with Crippen LogP contribution in [0.3, 0.4) is 0 Å². The Morgan fingerprint density at radius 2 is 1.89 bits per heavy atom. The Morgan fingerprint density at radius 3 is 2.52 bits per heavy atom. The molecule has 0 amide bonds. The number of nitrogens with two attached hydrogens (primary N) is 1. The van der Waals surface area contributed by atoms with Crippen LogP contribution < -0.4 is 5.73 Å². The average Bonchev–Trinajstić information content (AvgIpc) is 2.90. The summed E-state index contributed by atoms with van der Waals surface area (Å²) in [6, 6.07) is 10.9. The molecule has 27 heavy (non-hydrogen) atoms. The first kappa shape index (κ1) is 19.4. The largest absolute Gasteiger partial charge is 0.389 e. The third-order valence-electron chi connectivity index (χ3n) is 5.20. The quantitative estimate of drug-likeness (QED) is 0.634. The molecule has 2 unspecified atom stereocenters. The van der Waals surface area contributed by atoms with E-state index in [2.05, 4.69) is 9.97 Å². The summed E-state index contributed by atoms with van der Waals surface area (Å²) in [6.07, 6.45) is -1.43. The Labute approximate surface area is 156 Å². The molecule has 0 aliphatic heterocycles. The van der Waals surface area contributed by atoms with Gasteiger partial charge < -0.3 is 10.7 Å². The van der Waals surface area contributed by atoms with Crippen molar-refractivity contribution < 1.29 is 13.2 Å². The van der Waals surface area contributed by atoms with Gasteiger partial charge in [-0.2, -0.15) is 13.2 Å². The normalized spacial score (nSPS) is 15.6. The monoisotopic (exact) mass is 375 g/mol. The van der Waals surface area contributed by atoms with Crippen LogP contribution >= 0.6 is 0 Å². The number of halogens is 3. The highest BCUT2D eigenvalue weighted by Crippen LogP contribution is 2.39. The van der Waals surface area contributed by atoms with Gasteiger partial charge in [0.05, 0.1) is 6.42 Å². The molecule has 3 aromatic rings. The number of aromatic nitrogens is 2. The molecule has 0 spiro atoms. The molecule has 144 valence electrons. The van der Waals surface area contributed by atoms with Crippen molar-refractivity contribution in [2.75, 3.05) is 0 Å². The number of para-hydroxylation sites is 1. The second-order valence-corrected chi connectivity index (χ2v) is 7.54. The van der Waals surface area contributed by atoms with Gasteiger partial charge in [-0.15, -0.1) is 0 Å². The molecule has 0 radical (unpaired) electrons. The Balaban J connectivity index is 1.83. The van der Waals surface area contributed by atoms with Crippen molar-refractivity contribution in [3.63, 3.8) is 0 Å². The minimum Gasteiger partial charge on any atom is -0.358 e. The van der Waals surface area contributed by atoms with Gasteiger partial charge in [-0.25, -0.2) is 0 Å². The molecule has 0 fully saturated rings. The summed E-state index contributed by atoms with van der Waals surface area (Å²) < 4.78 is 39.8. The summed E-state index contributed by atoms with van der Waals surface area (Å²) in [5.41, 5.74) is 8.86. The number of hydrogen-bond donors (Lipinski definition) is 2. The molecule has 0 saturated heterocycles. The van der Waals surface area contributed by atoms with Gasteiger partial charge >= 0.3 is 6.18 Å². The van der Waals surface area contributed by atoms with E-state index in [9.17, 15) is 13.2 Å². The predicted octanol–water partition coefficient (Wildman–Crippen LogP) is 5.04. The number of aromatic amines is 1. The Kier molecular flexibility index (Phi) is 5.29. The number of H-pyrrole nitrogens is 1. The zero-order valence-electron chi connectivity index (χ0n) is 15.5. The van der Waals surface area contributed by atoms with Crippen molar-refractivity contribution in [3.05, 3.63) is 65.6 Å². The minimum absolute atomic E-state index is 0.215. The SMILES string of the molecule is Cc1c(CC(N)CC(C)(CC(F)(F)F)c2cccnc2)[nH]c2ccccc12. The molecular weight excluding hydrogens is 351 g/mol. The number of benzene rings is 1. The molecule has 0 aliphatic carbocycles. The molecule has 0 saturated carbocycles. The van der Waals surface area contributed by atoms with E-state index in [4.69, 9.17) is 5.73 Å². The second-order valence-electron chi connectivity index (χ2n) is 7.54. The Hall–Kier alpha value is -2.34. The highest BCUT2D eigenvalue weighted by Gasteiger charge is 2.41. The first-order valence-electron chi connectivity index (χ1n) is 8.97. The van der Waals surface area contributed by atoms with Crippen LogP contribution in [-0.2, 0) is 11.8 Å². The predicted molar refractivity (Wildman–Crippen MR) is 102 cm³/mol. The first-order chi connectivity index (χ1) is 12.7. The van der Waals surface area contributed by atoms with Crippen LogP contribution in [0.4, 0.5) is 13.2 Å². The molecular formula is C21H24F3N3. The van der Waals surface area contributed by atoms with Crippen LogP contribution in [0, 0.1) is 6.92 Å². The molecule has 3 nitrogen and oxygen atoms in total. The third kappa shape index (κ3) is 4.50. The molecule has 2 heterocycles. The first-order valence-corrected chi connectivity index (χ1v) is 8.97. The molecule has 0 aliphatic rings. The maximum atomic E-state index is 13.3. The van der Waals surface area contributed by atoms with Gasteiger partial charge in [0.15, 0.2) is 0 Å². The minimum atomic E-state index is -4.28. The Morgan fingerprint density at radius 1 is 1.15 bits per heavy atom. The van der Waals surface area contributed by atoms with Crippen molar-refractivity contribution in [2.24, 2.45) is 5.73 Å². The van der Waals surface area contributed by atoms with E-state index in [0.717, 1.165) is 22.2 Å². The van der Waals surface area contributed by atoms with Gasteiger partial charge in [-0.05, 0) is 36.6 Å². The number of nitrogens with zero attached hydrogens (tertiary/aromatic N) is 1. The summed E-state index contributed by atoms with van der Waals surface area (Å²) in [7, 11) is 0. The fourth-order valence-corrected chi connectivity index (χ4v) is 3.91. The standard InChI is InChI=1S/C21H24F3N3/c1-14-17-7-3-4-8-18(17)27-19(14)10-16(25)11-20(2,13-21(22,23)24)15-6-5-9-26-12-15/h3-9,12,16,27H,10-11,13,25H2,1-2H3. The number of pyridine rings is 1. The van der Waals surface area contributed by atoms with Crippen molar-refractivity contribution in [1.29, 1.82) is 0 Å². The zero-order chi connectivity index (χ0) is 19.7. The van der Waals surface area contributed by atoms with E-state index in [0.29, 0.717) is 12.0 Å². The molecule has 2 aromatic heterocycles. The maximum Gasteiger partial charge on any atom is 0.389 e. The smallest absolute Gasteiger partial charge is 0.358 e. The van der Waals surface area contributed by atoms with E-state index in [1.165, 1.54) is 6.20 Å². The third-order valence-corrected chi connectivity index (χ3v) is 5.20. The number of rotatable bonds is 6. The highest BCUT2D eigenvalue weighted by molar-refractivity contribution is 5.84. The fraction of sp³-hybridized carbons (Fsp3) is 0.381. The summed E-state index contributed by atoms with van der Waals surface area (Å²) in [6.45, 7) is 3.63. The second kappa shape index (κ2) is 7.35. The number of hydrogen-bond acceptors (Lipinski definition) is 2. The lowest BCUT2D eigenvalue weighted by Crippen LogP contribution is -2.37. The van der Waals surface area contributed by atoms with Crippen LogP contribution in [0.2, 0.25) is 0 Å². The van der Waals surface area contributed by atoms with Gasteiger partial charge in [0.25, 0.3) is 0 Å². The van der Waals surface area contributed by atoms with Gasteiger partial charge in [-0.3, -0.25) is 4.98 Å². The van der Waals surface area contributed by atoms with Gasteiger partial charge in [0.2, 0.25) is 0 Å². The van der Waals surface area contributed by atoms with E-state index in [-0.39, 0.29) is 6.42 Å². The number of fused-ring (bicyclic) bond motifs is 1. The number of aryl methyl sites for hydroxylation is 1. The molecule has 3 rings (SSSR count). The van der Waals surface area contributed by atoms with E-state index in [1.54, 1.807) is 25.3 Å². The lowest BCUT2D eigenvalue weighted by atomic mass is 9.74. The molecule has 0 bridgehead atoms.